The first-order valence-corrected chi connectivity index (χ1v) is 6.88. The zero-order valence-corrected chi connectivity index (χ0v) is 12.9. The molecule has 0 aliphatic heterocycles. The van der Waals surface area contributed by atoms with Crippen LogP contribution >= 0.6 is 15.9 Å². The van der Waals surface area contributed by atoms with Crippen LogP contribution in [0.2, 0.25) is 0 Å². The Labute approximate surface area is 124 Å². The van der Waals surface area contributed by atoms with Crippen molar-refractivity contribution in [2.45, 2.75) is 17.7 Å². The topological polar surface area (TPSA) is 21.7 Å². The largest absolute Gasteiger partial charge is 0.573 e. The van der Waals surface area contributed by atoms with E-state index in [0.29, 0.717) is 13.2 Å². The summed E-state index contributed by atoms with van der Waals surface area (Å²) >= 11 is 3.48. The minimum Gasteiger partial charge on any atom is -0.406 e. The first-order chi connectivity index (χ1) is 9.30. The third-order valence-corrected chi connectivity index (χ3v) is 3.02. The lowest BCUT2D eigenvalue weighted by Crippen LogP contribution is -2.28. The van der Waals surface area contributed by atoms with Crippen molar-refractivity contribution in [1.29, 1.82) is 0 Å². The molecule has 1 aromatic carbocycles. The molecule has 0 aromatic heterocycles. The number of methoxy groups -OCH3 is 1. The lowest BCUT2D eigenvalue weighted by molar-refractivity contribution is -0.274. The molecule has 7 heteroatoms. The van der Waals surface area contributed by atoms with E-state index >= 15 is 0 Å². The molecule has 0 saturated carbocycles. The van der Waals surface area contributed by atoms with Gasteiger partial charge in [0.25, 0.3) is 0 Å². The summed E-state index contributed by atoms with van der Waals surface area (Å²) in [4.78, 5) is 2.27. The molecule has 1 aromatic rings. The Morgan fingerprint density at radius 2 is 1.85 bits per heavy atom. The lowest BCUT2D eigenvalue weighted by atomic mass is 10.2. The highest BCUT2D eigenvalue weighted by molar-refractivity contribution is 9.09. The van der Waals surface area contributed by atoms with Gasteiger partial charge in [-0.05, 0) is 24.7 Å². The van der Waals surface area contributed by atoms with E-state index < -0.39 is 6.36 Å². The van der Waals surface area contributed by atoms with Gasteiger partial charge in [0.2, 0.25) is 0 Å². The first-order valence-electron chi connectivity index (χ1n) is 5.96. The van der Waals surface area contributed by atoms with Gasteiger partial charge in [-0.15, -0.1) is 13.2 Å². The summed E-state index contributed by atoms with van der Waals surface area (Å²) in [5, 5.41) is 0. The number of benzene rings is 1. The summed E-state index contributed by atoms with van der Waals surface area (Å²) < 4.78 is 44.9. The lowest BCUT2D eigenvalue weighted by Gasteiger charge is -2.20. The van der Waals surface area contributed by atoms with Crippen molar-refractivity contribution >= 4 is 15.9 Å². The molecule has 0 N–H and O–H groups in total. The fraction of sp³-hybridized carbons (Fsp3) is 0.538. The van der Waals surface area contributed by atoms with E-state index in [4.69, 9.17) is 4.74 Å². The summed E-state index contributed by atoms with van der Waals surface area (Å²) in [6.45, 7) is 2.01. The number of rotatable bonds is 7. The zero-order valence-electron chi connectivity index (χ0n) is 11.3. The first kappa shape index (κ1) is 17.3. The Morgan fingerprint density at radius 3 is 2.35 bits per heavy atom. The molecule has 0 bridgehead atoms. The summed E-state index contributed by atoms with van der Waals surface area (Å²) in [5.41, 5.74) is 0.916. The predicted octanol–water partition coefficient (Wildman–Crippen LogP) is 3.43. The van der Waals surface area contributed by atoms with E-state index in [0.717, 1.165) is 12.1 Å². The van der Waals surface area contributed by atoms with Gasteiger partial charge in [-0.2, -0.15) is 0 Å². The number of hydrogen-bond acceptors (Lipinski definition) is 3. The summed E-state index contributed by atoms with van der Waals surface area (Å²) in [5.74, 6) is -0.207. The average Bonchev–Trinajstić information content (AvgIpc) is 2.30. The molecule has 1 unspecified atom stereocenters. The smallest absolute Gasteiger partial charge is 0.406 e. The summed E-state index contributed by atoms with van der Waals surface area (Å²) in [6.07, 6.45) is -4.65. The highest BCUT2D eigenvalue weighted by Crippen LogP contribution is 2.23. The molecule has 0 aliphatic rings. The number of ether oxygens (including phenoxy) is 2. The maximum Gasteiger partial charge on any atom is 0.573 e. The Kier molecular flexibility index (Phi) is 6.78. The zero-order chi connectivity index (χ0) is 15.2. The van der Waals surface area contributed by atoms with Crippen molar-refractivity contribution in [3.8, 4) is 5.75 Å². The second-order valence-electron chi connectivity index (χ2n) is 4.44. The minimum absolute atomic E-state index is 0.207. The number of halogens is 4. The van der Waals surface area contributed by atoms with Gasteiger partial charge in [-0.25, -0.2) is 0 Å². The van der Waals surface area contributed by atoms with Gasteiger partial charge in [-0.3, -0.25) is 0 Å². The average molecular weight is 356 g/mol. The molecule has 20 heavy (non-hydrogen) atoms. The van der Waals surface area contributed by atoms with Crippen molar-refractivity contribution < 1.29 is 22.6 Å². The van der Waals surface area contributed by atoms with Crippen LogP contribution < -0.4 is 4.74 Å². The molecular formula is C13H17BrF3NO2. The summed E-state index contributed by atoms with van der Waals surface area (Å²) in [6, 6.07) is 5.88. The maximum absolute atomic E-state index is 12.0. The van der Waals surface area contributed by atoms with Gasteiger partial charge >= 0.3 is 6.36 Å². The van der Waals surface area contributed by atoms with Gasteiger partial charge in [0.1, 0.15) is 5.75 Å². The van der Waals surface area contributed by atoms with E-state index in [-0.39, 0.29) is 10.6 Å². The number of hydrogen-bond donors (Lipinski definition) is 0. The van der Waals surface area contributed by atoms with Crippen LogP contribution in [0.4, 0.5) is 13.2 Å². The monoisotopic (exact) mass is 355 g/mol. The predicted molar refractivity (Wildman–Crippen MR) is 74.1 cm³/mol. The molecule has 1 rings (SSSR count). The molecule has 0 saturated heterocycles. The number of nitrogens with zero attached hydrogens (tertiary/aromatic N) is 1. The molecule has 114 valence electrons. The highest BCUT2D eigenvalue weighted by atomic mass is 79.9. The van der Waals surface area contributed by atoms with Gasteiger partial charge in [0.15, 0.2) is 0 Å². The fourth-order valence-electron chi connectivity index (χ4n) is 1.74. The van der Waals surface area contributed by atoms with Gasteiger partial charge in [0, 0.05) is 20.2 Å². The molecule has 0 amide bonds. The Morgan fingerprint density at radius 1 is 1.25 bits per heavy atom. The van der Waals surface area contributed by atoms with E-state index in [1.54, 1.807) is 19.2 Å². The Balaban J connectivity index is 2.48. The maximum atomic E-state index is 12.0. The molecule has 0 aliphatic carbocycles. The molecule has 0 radical (unpaired) electrons. The standard InChI is InChI=1S/C13H17BrF3NO2/c1-18(8-11(14)9-19-2)7-10-3-5-12(6-4-10)20-13(15,16)17/h3-6,11H,7-9H2,1-2H3. The quantitative estimate of drug-likeness (QED) is 0.699. The molecule has 0 fully saturated rings. The third-order valence-electron chi connectivity index (χ3n) is 2.47. The molecule has 0 heterocycles. The van der Waals surface area contributed by atoms with Gasteiger partial charge < -0.3 is 14.4 Å². The van der Waals surface area contributed by atoms with Crippen LogP contribution in [0.5, 0.6) is 5.75 Å². The van der Waals surface area contributed by atoms with Gasteiger partial charge in [-0.1, -0.05) is 28.1 Å². The third kappa shape index (κ3) is 7.12. The summed E-state index contributed by atoms with van der Waals surface area (Å²) in [7, 11) is 3.57. The second kappa shape index (κ2) is 7.85. The van der Waals surface area contributed by atoms with Crippen molar-refractivity contribution in [3.63, 3.8) is 0 Å². The van der Waals surface area contributed by atoms with Crippen molar-refractivity contribution in [3.05, 3.63) is 29.8 Å². The second-order valence-corrected chi connectivity index (χ2v) is 5.74. The van der Waals surface area contributed by atoms with Crippen molar-refractivity contribution in [2.75, 3.05) is 27.3 Å². The molecule has 0 spiro atoms. The molecular weight excluding hydrogens is 339 g/mol. The Bertz CT molecular complexity index is 398. The van der Waals surface area contributed by atoms with Crippen LogP contribution in [-0.2, 0) is 11.3 Å². The van der Waals surface area contributed by atoms with Crippen LogP contribution in [-0.4, -0.2) is 43.4 Å². The van der Waals surface area contributed by atoms with E-state index in [9.17, 15) is 13.2 Å². The van der Waals surface area contributed by atoms with Crippen LogP contribution in [0.15, 0.2) is 24.3 Å². The van der Waals surface area contributed by atoms with Crippen LogP contribution in [0.3, 0.4) is 0 Å². The van der Waals surface area contributed by atoms with Crippen LogP contribution in [0, 0.1) is 0 Å². The van der Waals surface area contributed by atoms with Gasteiger partial charge in [0.05, 0.1) is 11.4 Å². The van der Waals surface area contributed by atoms with Crippen molar-refractivity contribution in [1.82, 2.24) is 4.90 Å². The Hall–Kier alpha value is -0.790. The van der Waals surface area contributed by atoms with Crippen LogP contribution in [0.1, 0.15) is 5.56 Å². The molecule has 3 nitrogen and oxygen atoms in total. The van der Waals surface area contributed by atoms with E-state index in [1.165, 1.54) is 12.1 Å². The van der Waals surface area contributed by atoms with Crippen LogP contribution in [0.25, 0.3) is 0 Å². The number of alkyl halides is 4. The fourth-order valence-corrected chi connectivity index (χ4v) is 2.50. The molecule has 1 atom stereocenters. The van der Waals surface area contributed by atoms with E-state index in [2.05, 4.69) is 25.6 Å². The minimum atomic E-state index is -4.65. The normalized spacial score (nSPS) is 13.6. The van der Waals surface area contributed by atoms with E-state index in [1.807, 2.05) is 7.05 Å². The van der Waals surface area contributed by atoms with Crippen molar-refractivity contribution in [2.24, 2.45) is 0 Å². The highest BCUT2D eigenvalue weighted by Gasteiger charge is 2.30. The SMILES string of the molecule is COCC(Br)CN(C)Cc1ccc(OC(F)(F)F)cc1.